The van der Waals surface area contributed by atoms with Crippen LogP contribution >= 0.6 is 12.4 Å². The predicted octanol–water partition coefficient (Wildman–Crippen LogP) is 1.18. The average molecular weight is 232 g/mol. The Morgan fingerprint density at radius 1 is 1.27 bits per heavy atom. The largest absolute Gasteiger partial charge is 0.504 e. The molecule has 1 aromatic carbocycles. The van der Waals surface area contributed by atoms with E-state index < -0.39 is 0 Å². The number of aromatic hydroxyl groups is 2. The molecule has 0 aliphatic carbocycles. The van der Waals surface area contributed by atoms with Crippen molar-refractivity contribution in [2.75, 3.05) is 19.8 Å². The first-order valence-electron chi connectivity index (χ1n) is 4.60. The predicted molar refractivity (Wildman–Crippen MR) is 58.6 cm³/mol. The molecule has 15 heavy (non-hydrogen) atoms. The minimum atomic E-state index is -0.0922. The van der Waals surface area contributed by atoms with Crippen molar-refractivity contribution in [3.63, 3.8) is 0 Å². The van der Waals surface area contributed by atoms with Gasteiger partial charge in [-0.1, -0.05) is 6.07 Å². The number of hydrogen-bond acceptors (Lipinski definition) is 4. The standard InChI is InChI=1S/C10H13NO3.ClH/c12-9-2-1-7(5-10(9)13)8-6-14-4-3-11-8;/h1-2,5,8,11-13H,3-4,6H2;1H/t8-;/m0./s1. The van der Waals surface area contributed by atoms with Gasteiger partial charge in [-0.15, -0.1) is 12.4 Å². The number of morpholine rings is 1. The van der Waals surface area contributed by atoms with Crippen LogP contribution in [0.1, 0.15) is 11.6 Å². The Morgan fingerprint density at radius 2 is 2.07 bits per heavy atom. The van der Waals surface area contributed by atoms with Crippen LogP contribution in [-0.2, 0) is 4.74 Å². The van der Waals surface area contributed by atoms with E-state index >= 15 is 0 Å². The fourth-order valence-corrected chi connectivity index (χ4v) is 1.54. The molecular weight excluding hydrogens is 218 g/mol. The first kappa shape index (κ1) is 12.1. The first-order chi connectivity index (χ1) is 6.77. The zero-order valence-corrected chi connectivity index (χ0v) is 8.96. The minimum absolute atomic E-state index is 0. The van der Waals surface area contributed by atoms with Gasteiger partial charge in [0.05, 0.1) is 19.3 Å². The molecule has 0 radical (unpaired) electrons. The summed E-state index contributed by atoms with van der Waals surface area (Å²) in [4.78, 5) is 0. The molecule has 1 aliphatic rings. The summed E-state index contributed by atoms with van der Waals surface area (Å²) >= 11 is 0. The van der Waals surface area contributed by atoms with Crippen molar-refractivity contribution in [2.45, 2.75) is 6.04 Å². The summed E-state index contributed by atoms with van der Waals surface area (Å²) in [5.41, 5.74) is 0.931. The van der Waals surface area contributed by atoms with Gasteiger partial charge in [0.25, 0.3) is 0 Å². The Balaban J connectivity index is 0.00000112. The van der Waals surface area contributed by atoms with Crippen LogP contribution in [0, 0.1) is 0 Å². The van der Waals surface area contributed by atoms with Crippen LogP contribution in [-0.4, -0.2) is 30.0 Å². The molecule has 1 atom stereocenters. The van der Waals surface area contributed by atoms with Crippen molar-refractivity contribution in [1.82, 2.24) is 5.32 Å². The molecular formula is C10H14ClNO3. The summed E-state index contributed by atoms with van der Waals surface area (Å²) in [7, 11) is 0. The van der Waals surface area contributed by atoms with Gasteiger partial charge in [-0.3, -0.25) is 0 Å². The molecule has 0 bridgehead atoms. The van der Waals surface area contributed by atoms with Gasteiger partial charge in [0.1, 0.15) is 0 Å². The maximum Gasteiger partial charge on any atom is 0.157 e. The van der Waals surface area contributed by atoms with Crippen molar-refractivity contribution in [2.24, 2.45) is 0 Å². The number of nitrogens with one attached hydrogen (secondary N) is 1. The van der Waals surface area contributed by atoms with E-state index in [1.165, 1.54) is 6.07 Å². The van der Waals surface area contributed by atoms with E-state index in [9.17, 15) is 5.11 Å². The third kappa shape index (κ3) is 2.75. The smallest absolute Gasteiger partial charge is 0.157 e. The summed E-state index contributed by atoms with van der Waals surface area (Å²) < 4.78 is 5.30. The molecule has 1 fully saturated rings. The molecule has 5 heteroatoms. The maximum atomic E-state index is 9.31. The highest BCUT2D eigenvalue weighted by atomic mass is 35.5. The second-order valence-corrected chi connectivity index (χ2v) is 3.33. The second-order valence-electron chi connectivity index (χ2n) is 3.33. The molecule has 1 saturated heterocycles. The Kier molecular flexibility index (Phi) is 4.20. The second kappa shape index (κ2) is 5.21. The molecule has 0 amide bonds. The van der Waals surface area contributed by atoms with Crippen LogP contribution in [0.5, 0.6) is 11.5 Å². The van der Waals surface area contributed by atoms with Crippen molar-refractivity contribution < 1.29 is 14.9 Å². The summed E-state index contributed by atoms with van der Waals surface area (Å²) in [5, 5.41) is 21.7. The van der Waals surface area contributed by atoms with Gasteiger partial charge in [-0.25, -0.2) is 0 Å². The summed E-state index contributed by atoms with van der Waals surface area (Å²) in [6, 6.07) is 4.93. The Labute approximate surface area is 94.3 Å². The van der Waals surface area contributed by atoms with Crippen LogP contribution in [0.4, 0.5) is 0 Å². The van der Waals surface area contributed by atoms with Crippen LogP contribution in [0.3, 0.4) is 0 Å². The van der Waals surface area contributed by atoms with E-state index in [1.807, 2.05) is 0 Å². The Hall–Kier alpha value is -0.970. The molecule has 2 rings (SSSR count). The number of phenols is 2. The van der Waals surface area contributed by atoms with Gasteiger partial charge in [-0.05, 0) is 17.7 Å². The lowest BCUT2D eigenvalue weighted by molar-refractivity contribution is 0.0768. The summed E-state index contributed by atoms with van der Waals surface area (Å²) in [6.45, 7) is 2.14. The van der Waals surface area contributed by atoms with E-state index in [0.29, 0.717) is 6.61 Å². The zero-order valence-electron chi connectivity index (χ0n) is 8.14. The number of phenolic OH excluding ortho intramolecular Hbond substituents is 2. The monoisotopic (exact) mass is 231 g/mol. The van der Waals surface area contributed by atoms with Crippen molar-refractivity contribution in [1.29, 1.82) is 0 Å². The maximum absolute atomic E-state index is 9.31. The van der Waals surface area contributed by atoms with Crippen molar-refractivity contribution in [3.8, 4) is 11.5 Å². The van der Waals surface area contributed by atoms with E-state index in [2.05, 4.69) is 5.32 Å². The van der Waals surface area contributed by atoms with Crippen LogP contribution < -0.4 is 5.32 Å². The fraction of sp³-hybridized carbons (Fsp3) is 0.400. The Morgan fingerprint density at radius 3 is 2.67 bits per heavy atom. The van der Waals surface area contributed by atoms with Gasteiger partial charge in [0.2, 0.25) is 0 Å². The van der Waals surface area contributed by atoms with E-state index in [4.69, 9.17) is 9.84 Å². The van der Waals surface area contributed by atoms with E-state index in [0.717, 1.165) is 18.7 Å². The van der Waals surface area contributed by atoms with Gasteiger partial charge in [-0.2, -0.15) is 0 Å². The highest BCUT2D eigenvalue weighted by Gasteiger charge is 2.15. The molecule has 0 unspecified atom stereocenters. The molecule has 3 N–H and O–H groups in total. The minimum Gasteiger partial charge on any atom is -0.504 e. The lowest BCUT2D eigenvalue weighted by Crippen LogP contribution is -2.34. The quantitative estimate of drug-likeness (QED) is 0.636. The van der Waals surface area contributed by atoms with Crippen LogP contribution in [0.25, 0.3) is 0 Å². The van der Waals surface area contributed by atoms with E-state index in [1.54, 1.807) is 12.1 Å². The van der Waals surface area contributed by atoms with Crippen molar-refractivity contribution >= 4 is 12.4 Å². The Bertz CT molecular complexity index is 326. The fourth-order valence-electron chi connectivity index (χ4n) is 1.54. The molecule has 0 saturated carbocycles. The SMILES string of the molecule is Cl.Oc1ccc([C@@H]2COCCN2)cc1O. The van der Waals surface area contributed by atoms with E-state index in [-0.39, 0.29) is 29.9 Å². The van der Waals surface area contributed by atoms with Gasteiger partial charge < -0.3 is 20.3 Å². The first-order valence-corrected chi connectivity index (χ1v) is 4.60. The topological polar surface area (TPSA) is 61.7 Å². The molecule has 1 aliphatic heterocycles. The molecule has 1 heterocycles. The van der Waals surface area contributed by atoms with Crippen LogP contribution in [0.2, 0.25) is 0 Å². The molecule has 4 nitrogen and oxygen atoms in total. The highest BCUT2D eigenvalue weighted by Crippen LogP contribution is 2.28. The molecule has 0 spiro atoms. The lowest BCUT2D eigenvalue weighted by atomic mass is 10.1. The average Bonchev–Trinajstić information content (AvgIpc) is 2.23. The number of hydrogen-bond donors (Lipinski definition) is 3. The lowest BCUT2D eigenvalue weighted by Gasteiger charge is -2.24. The van der Waals surface area contributed by atoms with Gasteiger partial charge in [0.15, 0.2) is 11.5 Å². The summed E-state index contributed by atoms with van der Waals surface area (Å²) in [6.07, 6.45) is 0. The van der Waals surface area contributed by atoms with Crippen molar-refractivity contribution in [3.05, 3.63) is 23.8 Å². The third-order valence-corrected chi connectivity index (χ3v) is 2.32. The number of ether oxygens (including phenoxy) is 1. The normalized spacial score (nSPS) is 20.7. The van der Waals surface area contributed by atoms with Crippen LogP contribution in [0.15, 0.2) is 18.2 Å². The number of halogens is 1. The van der Waals surface area contributed by atoms with Gasteiger partial charge >= 0.3 is 0 Å². The molecule has 0 aromatic heterocycles. The number of rotatable bonds is 1. The molecule has 84 valence electrons. The zero-order chi connectivity index (χ0) is 9.97. The third-order valence-electron chi connectivity index (χ3n) is 2.32. The summed E-state index contributed by atoms with van der Waals surface area (Å²) in [5.74, 6) is -0.180. The highest BCUT2D eigenvalue weighted by molar-refractivity contribution is 5.85. The number of benzene rings is 1. The van der Waals surface area contributed by atoms with Gasteiger partial charge in [0, 0.05) is 6.54 Å². The molecule has 1 aromatic rings.